The van der Waals surface area contributed by atoms with Crippen LogP contribution in [0.5, 0.6) is 0 Å². The van der Waals surface area contributed by atoms with Gasteiger partial charge in [0, 0.05) is 19.1 Å². The molecule has 1 aliphatic rings. The molecule has 1 heterocycles. The van der Waals surface area contributed by atoms with Gasteiger partial charge in [0.1, 0.15) is 0 Å². The number of nitrogens with zero attached hydrogens (tertiary/aromatic N) is 1. The summed E-state index contributed by atoms with van der Waals surface area (Å²) in [4.78, 5) is 0. The van der Waals surface area contributed by atoms with Crippen molar-refractivity contribution in [2.45, 2.75) is 18.9 Å². The number of hydrogen-bond donors (Lipinski definition) is 1. The minimum atomic E-state index is -3.17. The first-order valence-corrected chi connectivity index (χ1v) is 8.16. The molecule has 1 aliphatic heterocycles. The van der Waals surface area contributed by atoms with Gasteiger partial charge in [-0.05, 0) is 24.9 Å². The van der Waals surface area contributed by atoms with Crippen LogP contribution in [0.1, 0.15) is 24.4 Å². The quantitative estimate of drug-likeness (QED) is 0.881. The van der Waals surface area contributed by atoms with Gasteiger partial charge in [-0.15, -0.1) is 0 Å². The van der Waals surface area contributed by atoms with Crippen LogP contribution in [-0.4, -0.2) is 38.6 Å². The fourth-order valence-electron chi connectivity index (χ4n) is 2.44. The Labute approximate surface area is 109 Å². The molecule has 1 aromatic carbocycles. The molecule has 0 aromatic heterocycles. The van der Waals surface area contributed by atoms with Gasteiger partial charge in [0.25, 0.3) is 0 Å². The van der Waals surface area contributed by atoms with Crippen molar-refractivity contribution >= 4 is 10.0 Å². The van der Waals surface area contributed by atoms with E-state index in [4.69, 9.17) is 0 Å². The van der Waals surface area contributed by atoms with Crippen LogP contribution < -0.4 is 5.32 Å². The third kappa shape index (κ3) is 3.31. The summed E-state index contributed by atoms with van der Waals surface area (Å²) < 4.78 is 25.5. The van der Waals surface area contributed by atoms with Gasteiger partial charge < -0.3 is 5.32 Å². The Hall–Kier alpha value is -0.910. The molecule has 4 nitrogen and oxygen atoms in total. The normalized spacial score (nSPS) is 23.3. The summed E-state index contributed by atoms with van der Waals surface area (Å²) in [5, 5.41) is 3.26. The first kappa shape index (κ1) is 13.5. The topological polar surface area (TPSA) is 49.4 Å². The van der Waals surface area contributed by atoms with Gasteiger partial charge in [-0.1, -0.05) is 30.3 Å². The summed E-state index contributed by atoms with van der Waals surface area (Å²) in [7, 11) is -3.17. The summed E-state index contributed by atoms with van der Waals surface area (Å²) in [5.41, 5.74) is 1.09. The summed E-state index contributed by atoms with van der Waals surface area (Å²) in [6.45, 7) is 2.22. The molecule has 0 saturated carbocycles. The van der Waals surface area contributed by atoms with E-state index in [-0.39, 0.29) is 6.04 Å². The lowest BCUT2D eigenvalue weighted by Crippen LogP contribution is -2.41. The third-order valence-electron chi connectivity index (χ3n) is 3.30. The zero-order valence-corrected chi connectivity index (χ0v) is 11.5. The van der Waals surface area contributed by atoms with Crippen LogP contribution in [0, 0.1) is 0 Å². The molecular weight excluding hydrogens is 248 g/mol. The molecule has 1 N–H and O–H groups in total. The van der Waals surface area contributed by atoms with Crippen LogP contribution in [0.3, 0.4) is 0 Å². The summed E-state index contributed by atoms with van der Waals surface area (Å²) in [6, 6.07) is 9.89. The Morgan fingerprint density at radius 1 is 1.22 bits per heavy atom. The Morgan fingerprint density at radius 2 is 1.94 bits per heavy atom. The molecule has 0 aliphatic carbocycles. The Bertz CT molecular complexity index is 473. The van der Waals surface area contributed by atoms with Crippen molar-refractivity contribution in [2.75, 3.05) is 25.9 Å². The van der Waals surface area contributed by atoms with Gasteiger partial charge in [0.15, 0.2) is 0 Å². The van der Waals surface area contributed by atoms with Gasteiger partial charge >= 0.3 is 0 Å². The highest BCUT2D eigenvalue weighted by molar-refractivity contribution is 7.88. The van der Waals surface area contributed by atoms with Gasteiger partial charge in [-0.25, -0.2) is 8.42 Å². The van der Waals surface area contributed by atoms with Crippen molar-refractivity contribution in [2.24, 2.45) is 0 Å². The largest absolute Gasteiger partial charge is 0.315 e. The smallest absolute Gasteiger partial charge is 0.211 e. The minimum Gasteiger partial charge on any atom is -0.315 e. The van der Waals surface area contributed by atoms with E-state index in [0.29, 0.717) is 6.54 Å². The lowest BCUT2D eigenvalue weighted by atomic mass is 10.0. The van der Waals surface area contributed by atoms with Crippen molar-refractivity contribution in [3.63, 3.8) is 0 Å². The highest BCUT2D eigenvalue weighted by Gasteiger charge is 2.28. The fourth-order valence-corrected chi connectivity index (χ4v) is 3.55. The predicted octanol–water partition coefficient (Wildman–Crippen LogP) is 1.37. The average molecular weight is 268 g/mol. The van der Waals surface area contributed by atoms with Gasteiger partial charge in [0.05, 0.1) is 6.26 Å². The lowest BCUT2D eigenvalue weighted by Gasteiger charge is -2.32. The summed E-state index contributed by atoms with van der Waals surface area (Å²) in [6.07, 6.45) is 3.15. The monoisotopic (exact) mass is 268 g/mol. The maximum Gasteiger partial charge on any atom is 0.211 e. The zero-order chi connectivity index (χ0) is 13.0. The standard InChI is InChI=1S/C13H20N2O2S/c1-18(16,17)15-11-10-14-9-5-8-13(15)12-6-3-2-4-7-12/h2-4,6-7,13-14H,5,8-11H2,1H3. The SMILES string of the molecule is CS(=O)(=O)N1CCNCCCC1c1ccccc1. The van der Waals surface area contributed by atoms with E-state index >= 15 is 0 Å². The molecule has 1 aromatic rings. The van der Waals surface area contributed by atoms with Crippen LogP contribution in [0.2, 0.25) is 0 Å². The number of nitrogens with one attached hydrogen (secondary N) is 1. The second-order valence-electron chi connectivity index (χ2n) is 4.69. The van der Waals surface area contributed by atoms with Crippen LogP contribution in [0.25, 0.3) is 0 Å². The molecule has 0 radical (unpaired) electrons. The Kier molecular flexibility index (Phi) is 4.37. The molecule has 1 saturated heterocycles. The molecule has 1 atom stereocenters. The van der Waals surface area contributed by atoms with Crippen LogP contribution in [0.4, 0.5) is 0 Å². The van der Waals surface area contributed by atoms with E-state index in [0.717, 1.165) is 31.5 Å². The maximum absolute atomic E-state index is 11.9. The van der Waals surface area contributed by atoms with E-state index < -0.39 is 10.0 Å². The lowest BCUT2D eigenvalue weighted by molar-refractivity contribution is 0.287. The van der Waals surface area contributed by atoms with Crippen molar-refractivity contribution in [1.29, 1.82) is 0 Å². The maximum atomic E-state index is 11.9. The fraction of sp³-hybridized carbons (Fsp3) is 0.538. The van der Waals surface area contributed by atoms with E-state index in [9.17, 15) is 8.42 Å². The third-order valence-corrected chi connectivity index (χ3v) is 4.59. The first-order chi connectivity index (χ1) is 8.59. The molecule has 0 spiro atoms. The minimum absolute atomic E-state index is 0.0247. The predicted molar refractivity (Wildman–Crippen MR) is 72.8 cm³/mol. The molecule has 100 valence electrons. The number of rotatable bonds is 2. The van der Waals surface area contributed by atoms with Crippen molar-refractivity contribution in [3.8, 4) is 0 Å². The van der Waals surface area contributed by atoms with Crippen LogP contribution in [0.15, 0.2) is 30.3 Å². The van der Waals surface area contributed by atoms with E-state index in [1.807, 2.05) is 30.3 Å². The summed E-state index contributed by atoms with van der Waals surface area (Å²) >= 11 is 0. The van der Waals surface area contributed by atoms with Crippen molar-refractivity contribution in [3.05, 3.63) is 35.9 Å². The second kappa shape index (κ2) is 5.82. The van der Waals surface area contributed by atoms with Gasteiger partial charge in [0.2, 0.25) is 10.0 Å². The van der Waals surface area contributed by atoms with Gasteiger partial charge in [-0.2, -0.15) is 4.31 Å². The first-order valence-electron chi connectivity index (χ1n) is 6.31. The molecule has 5 heteroatoms. The number of sulfonamides is 1. The van der Waals surface area contributed by atoms with Crippen LogP contribution in [-0.2, 0) is 10.0 Å². The molecule has 18 heavy (non-hydrogen) atoms. The van der Waals surface area contributed by atoms with Crippen molar-refractivity contribution in [1.82, 2.24) is 9.62 Å². The van der Waals surface area contributed by atoms with Gasteiger partial charge in [-0.3, -0.25) is 0 Å². The second-order valence-corrected chi connectivity index (χ2v) is 6.63. The molecule has 0 amide bonds. The van der Waals surface area contributed by atoms with Crippen molar-refractivity contribution < 1.29 is 8.42 Å². The van der Waals surface area contributed by atoms with Crippen LogP contribution >= 0.6 is 0 Å². The Balaban J connectivity index is 2.31. The Morgan fingerprint density at radius 3 is 2.61 bits per heavy atom. The highest BCUT2D eigenvalue weighted by atomic mass is 32.2. The van der Waals surface area contributed by atoms with E-state index in [2.05, 4.69) is 5.32 Å². The molecule has 2 rings (SSSR count). The zero-order valence-electron chi connectivity index (χ0n) is 10.7. The molecule has 0 bridgehead atoms. The van der Waals surface area contributed by atoms with E-state index in [1.165, 1.54) is 6.26 Å². The number of benzene rings is 1. The highest BCUT2D eigenvalue weighted by Crippen LogP contribution is 2.28. The number of hydrogen-bond acceptors (Lipinski definition) is 3. The molecule has 1 fully saturated rings. The average Bonchev–Trinajstić information content (AvgIpc) is 2.28. The molecular formula is C13H20N2O2S. The van der Waals surface area contributed by atoms with E-state index in [1.54, 1.807) is 4.31 Å². The molecule has 1 unspecified atom stereocenters. The summed E-state index contributed by atoms with van der Waals surface area (Å²) in [5.74, 6) is 0.